The molecule has 8 nitrogen and oxygen atoms in total. The predicted octanol–water partition coefficient (Wildman–Crippen LogP) is -0.734. The highest BCUT2D eigenvalue weighted by Gasteiger charge is 2.43. The van der Waals surface area contributed by atoms with Crippen molar-refractivity contribution in [3.8, 4) is 0 Å². The minimum atomic E-state index is -1.11. The van der Waals surface area contributed by atoms with Crippen molar-refractivity contribution in [2.75, 3.05) is 11.6 Å². The van der Waals surface area contributed by atoms with Gasteiger partial charge in [-0.05, 0) is 0 Å². The van der Waals surface area contributed by atoms with Crippen LogP contribution in [0.15, 0.2) is 12.7 Å². The highest BCUT2D eigenvalue weighted by atomic mass is 35.5. The highest BCUT2D eigenvalue weighted by Crippen LogP contribution is 2.32. The van der Waals surface area contributed by atoms with Crippen molar-refractivity contribution in [2.45, 2.75) is 24.5 Å². The van der Waals surface area contributed by atoms with Gasteiger partial charge in [-0.1, -0.05) is 0 Å². The van der Waals surface area contributed by atoms with Gasteiger partial charge in [0, 0.05) is 0 Å². The Morgan fingerprint density at radius 3 is 2.79 bits per heavy atom. The van der Waals surface area contributed by atoms with Gasteiger partial charge in [0.15, 0.2) is 17.7 Å². The number of rotatable bonds is 2. The molecule has 0 bridgehead atoms. The second kappa shape index (κ2) is 4.57. The van der Waals surface area contributed by atoms with Crippen LogP contribution in [0.5, 0.6) is 0 Å². The number of nitrogen functional groups attached to an aromatic ring is 1. The molecule has 4 atom stereocenters. The summed E-state index contributed by atoms with van der Waals surface area (Å²) in [4.78, 5) is 12.0. The summed E-state index contributed by atoms with van der Waals surface area (Å²) in [5, 5.41) is 19.8. The summed E-state index contributed by atoms with van der Waals surface area (Å²) in [6.45, 7) is 0. The van der Waals surface area contributed by atoms with Crippen LogP contribution in [0, 0.1) is 0 Å². The van der Waals surface area contributed by atoms with E-state index in [2.05, 4.69) is 15.0 Å². The van der Waals surface area contributed by atoms with Gasteiger partial charge in [0.1, 0.15) is 30.2 Å². The zero-order valence-electron chi connectivity index (χ0n) is 9.72. The van der Waals surface area contributed by atoms with Gasteiger partial charge in [-0.15, -0.1) is 11.6 Å². The maximum absolute atomic E-state index is 10.0. The summed E-state index contributed by atoms with van der Waals surface area (Å²) in [5.74, 6) is 0.323. The van der Waals surface area contributed by atoms with Crippen LogP contribution in [-0.2, 0) is 4.74 Å². The van der Waals surface area contributed by atoms with Crippen molar-refractivity contribution in [1.82, 2.24) is 19.5 Å². The monoisotopic (exact) mass is 285 g/mol. The SMILES string of the molecule is Nc1ncnc2c1ncn2[C@@H]1O[C@H](CCl)[C@@H](O)[C@H]1O. The minimum Gasteiger partial charge on any atom is -0.387 e. The van der Waals surface area contributed by atoms with Gasteiger partial charge in [0.25, 0.3) is 0 Å². The first-order valence-corrected chi connectivity index (χ1v) is 6.17. The van der Waals surface area contributed by atoms with E-state index in [-0.39, 0.29) is 11.7 Å². The van der Waals surface area contributed by atoms with E-state index in [9.17, 15) is 10.2 Å². The summed E-state index contributed by atoms with van der Waals surface area (Å²) >= 11 is 5.67. The molecule has 0 aromatic carbocycles. The summed E-state index contributed by atoms with van der Waals surface area (Å²) < 4.78 is 7.03. The number of hydrogen-bond donors (Lipinski definition) is 3. The van der Waals surface area contributed by atoms with Crippen molar-refractivity contribution < 1.29 is 14.9 Å². The van der Waals surface area contributed by atoms with Crippen molar-refractivity contribution in [3.05, 3.63) is 12.7 Å². The van der Waals surface area contributed by atoms with Gasteiger partial charge < -0.3 is 20.7 Å². The van der Waals surface area contributed by atoms with Crippen LogP contribution in [0.3, 0.4) is 0 Å². The first kappa shape index (κ1) is 12.5. The van der Waals surface area contributed by atoms with Crippen LogP contribution in [0.25, 0.3) is 11.2 Å². The molecule has 1 aliphatic rings. The van der Waals surface area contributed by atoms with E-state index in [1.165, 1.54) is 17.2 Å². The molecule has 2 aromatic heterocycles. The predicted molar refractivity (Wildman–Crippen MR) is 66.4 cm³/mol. The number of aliphatic hydroxyl groups excluding tert-OH is 2. The second-order valence-corrected chi connectivity index (χ2v) is 4.59. The smallest absolute Gasteiger partial charge is 0.167 e. The molecule has 3 heterocycles. The number of hydrogen-bond acceptors (Lipinski definition) is 7. The van der Waals surface area contributed by atoms with E-state index in [0.717, 1.165) is 0 Å². The number of aliphatic hydroxyl groups is 2. The van der Waals surface area contributed by atoms with E-state index in [4.69, 9.17) is 22.1 Å². The summed E-state index contributed by atoms with van der Waals surface area (Å²) in [7, 11) is 0. The number of nitrogens with zero attached hydrogens (tertiary/aromatic N) is 4. The molecule has 0 unspecified atom stereocenters. The van der Waals surface area contributed by atoms with Crippen molar-refractivity contribution in [2.24, 2.45) is 0 Å². The fourth-order valence-corrected chi connectivity index (χ4v) is 2.40. The lowest BCUT2D eigenvalue weighted by atomic mass is 10.1. The van der Waals surface area contributed by atoms with E-state index in [1.807, 2.05) is 0 Å². The zero-order valence-corrected chi connectivity index (χ0v) is 10.5. The lowest BCUT2D eigenvalue weighted by Crippen LogP contribution is -2.32. The number of ether oxygens (including phenoxy) is 1. The van der Waals surface area contributed by atoms with Gasteiger partial charge in [-0.2, -0.15) is 0 Å². The molecule has 3 rings (SSSR count). The van der Waals surface area contributed by atoms with Gasteiger partial charge in [-0.25, -0.2) is 15.0 Å². The number of anilines is 1. The fraction of sp³-hybridized carbons (Fsp3) is 0.500. The number of nitrogens with two attached hydrogens (primary N) is 1. The lowest BCUT2D eigenvalue weighted by Gasteiger charge is -2.16. The molecule has 19 heavy (non-hydrogen) atoms. The third-order valence-electron chi connectivity index (χ3n) is 3.15. The van der Waals surface area contributed by atoms with Gasteiger partial charge in [0.2, 0.25) is 0 Å². The van der Waals surface area contributed by atoms with Crippen molar-refractivity contribution in [3.63, 3.8) is 0 Å². The Kier molecular flexibility index (Phi) is 3.02. The number of fused-ring (bicyclic) bond motifs is 1. The van der Waals surface area contributed by atoms with Crippen LogP contribution in [0.2, 0.25) is 0 Å². The Morgan fingerprint density at radius 2 is 2.11 bits per heavy atom. The Morgan fingerprint density at radius 1 is 1.32 bits per heavy atom. The number of imidazole rings is 1. The topological polar surface area (TPSA) is 119 Å². The Hall–Kier alpha value is -1.48. The Labute approximate surface area is 112 Å². The molecule has 0 spiro atoms. The molecular formula is C10H12ClN5O3. The largest absolute Gasteiger partial charge is 0.387 e. The highest BCUT2D eigenvalue weighted by molar-refractivity contribution is 6.18. The van der Waals surface area contributed by atoms with E-state index in [1.54, 1.807) is 0 Å². The molecule has 9 heteroatoms. The average Bonchev–Trinajstić information content (AvgIpc) is 2.94. The maximum atomic E-state index is 10.0. The normalized spacial score (nSPS) is 31.1. The molecule has 4 N–H and O–H groups in total. The van der Waals surface area contributed by atoms with Gasteiger partial charge in [0.05, 0.1) is 12.2 Å². The van der Waals surface area contributed by atoms with Crippen LogP contribution in [-0.4, -0.2) is 53.9 Å². The molecular weight excluding hydrogens is 274 g/mol. The standard InChI is InChI=1S/C10H12ClN5O3/c11-1-4-6(17)7(18)10(19-4)16-3-15-5-8(12)13-2-14-9(5)16/h2-4,6-7,10,17-18H,1H2,(H2,12,13,14)/t4-,6-,7-,10-/m1/s1. The van der Waals surface area contributed by atoms with Crippen LogP contribution in [0.4, 0.5) is 5.82 Å². The van der Waals surface area contributed by atoms with Crippen LogP contribution in [0.1, 0.15) is 6.23 Å². The average molecular weight is 286 g/mol. The van der Waals surface area contributed by atoms with E-state index in [0.29, 0.717) is 11.2 Å². The third-order valence-corrected chi connectivity index (χ3v) is 3.45. The molecule has 1 fully saturated rings. The van der Waals surface area contributed by atoms with Gasteiger partial charge in [-0.3, -0.25) is 4.57 Å². The minimum absolute atomic E-state index is 0.0818. The lowest BCUT2D eigenvalue weighted by molar-refractivity contribution is -0.0291. The quantitative estimate of drug-likeness (QED) is 0.622. The van der Waals surface area contributed by atoms with Gasteiger partial charge >= 0.3 is 0 Å². The summed E-state index contributed by atoms with van der Waals surface area (Å²) in [6, 6.07) is 0. The first-order chi connectivity index (χ1) is 9.13. The third kappa shape index (κ3) is 1.84. The molecule has 0 saturated carbocycles. The van der Waals surface area contributed by atoms with Crippen molar-refractivity contribution in [1.29, 1.82) is 0 Å². The van der Waals surface area contributed by atoms with Crippen LogP contribution >= 0.6 is 11.6 Å². The summed E-state index contributed by atoms with van der Waals surface area (Å²) in [5.41, 5.74) is 6.53. The summed E-state index contributed by atoms with van der Waals surface area (Å²) in [6.07, 6.45) is -0.882. The van der Waals surface area contributed by atoms with E-state index >= 15 is 0 Å². The van der Waals surface area contributed by atoms with E-state index < -0.39 is 24.5 Å². The molecule has 0 aliphatic carbocycles. The number of aromatic nitrogens is 4. The fourth-order valence-electron chi connectivity index (χ4n) is 2.14. The first-order valence-electron chi connectivity index (χ1n) is 5.64. The molecule has 1 aliphatic heterocycles. The molecule has 0 radical (unpaired) electrons. The molecule has 2 aromatic rings. The molecule has 1 saturated heterocycles. The Balaban J connectivity index is 2.04. The van der Waals surface area contributed by atoms with Crippen LogP contribution < -0.4 is 5.73 Å². The zero-order chi connectivity index (χ0) is 13.6. The second-order valence-electron chi connectivity index (χ2n) is 4.28. The number of alkyl halides is 1. The Bertz CT molecular complexity index is 606. The number of halogens is 1. The maximum Gasteiger partial charge on any atom is 0.167 e. The molecule has 102 valence electrons. The van der Waals surface area contributed by atoms with Crippen molar-refractivity contribution >= 4 is 28.6 Å². The molecule has 0 amide bonds.